The summed E-state index contributed by atoms with van der Waals surface area (Å²) >= 11 is 0. The molecule has 0 fully saturated rings. The van der Waals surface area contributed by atoms with Crippen molar-refractivity contribution in [3.63, 3.8) is 0 Å². The summed E-state index contributed by atoms with van der Waals surface area (Å²) in [4.78, 5) is 23.0. The number of amides is 1. The zero-order valence-electron chi connectivity index (χ0n) is 12.0. The van der Waals surface area contributed by atoms with Gasteiger partial charge in [-0.1, -0.05) is 6.07 Å². The minimum Gasteiger partial charge on any atom is -0.491 e. The highest BCUT2D eigenvalue weighted by molar-refractivity contribution is 5.96. The molecule has 1 aromatic rings. The molecule has 0 spiro atoms. The van der Waals surface area contributed by atoms with Crippen LogP contribution in [0.2, 0.25) is 0 Å². The van der Waals surface area contributed by atoms with Gasteiger partial charge in [-0.25, -0.2) is 4.79 Å². The standard InChI is InChI=1S/C14H19NO6/c1-19-6-7-21-11-5-3-4-10(8-11)13(16)15-12(9-20-2)14(17)18/h3-5,8,12H,6-7,9H2,1-2H3,(H,15,16)(H,17,18). The lowest BCUT2D eigenvalue weighted by Gasteiger charge is -2.14. The maximum atomic E-state index is 12.0. The van der Waals surface area contributed by atoms with E-state index in [1.54, 1.807) is 25.3 Å². The lowest BCUT2D eigenvalue weighted by Crippen LogP contribution is -2.43. The van der Waals surface area contributed by atoms with Crippen molar-refractivity contribution in [1.29, 1.82) is 0 Å². The van der Waals surface area contributed by atoms with Gasteiger partial charge in [0, 0.05) is 19.8 Å². The molecule has 1 unspecified atom stereocenters. The fourth-order valence-electron chi connectivity index (χ4n) is 1.55. The molecule has 1 aromatic carbocycles. The smallest absolute Gasteiger partial charge is 0.328 e. The first-order valence-electron chi connectivity index (χ1n) is 6.33. The first-order chi connectivity index (χ1) is 10.1. The Labute approximate surface area is 122 Å². The van der Waals surface area contributed by atoms with Gasteiger partial charge < -0.3 is 24.6 Å². The van der Waals surface area contributed by atoms with Crippen LogP contribution in [-0.4, -0.2) is 57.1 Å². The Morgan fingerprint density at radius 1 is 1.24 bits per heavy atom. The van der Waals surface area contributed by atoms with Crippen LogP contribution in [-0.2, 0) is 14.3 Å². The van der Waals surface area contributed by atoms with E-state index < -0.39 is 17.9 Å². The van der Waals surface area contributed by atoms with E-state index in [1.807, 2.05) is 0 Å². The lowest BCUT2D eigenvalue weighted by molar-refractivity contribution is -0.140. The molecule has 1 rings (SSSR count). The summed E-state index contributed by atoms with van der Waals surface area (Å²) in [6, 6.07) is 5.38. The minimum absolute atomic E-state index is 0.106. The molecule has 0 bridgehead atoms. The molecule has 7 heteroatoms. The number of nitrogens with one attached hydrogen (secondary N) is 1. The Morgan fingerprint density at radius 3 is 2.62 bits per heavy atom. The molecule has 1 atom stereocenters. The quantitative estimate of drug-likeness (QED) is 0.646. The third-order valence-corrected chi connectivity index (χ3v) is 2.59. The van der Waals surface area contributed by atoms with Crippen LogP contribution in [0.15, 0.2) is 24.3 Å². The minimum atomic E-state index is -1.15. The topological polar surface area (TPSA) is 94.1 Å². The average Bonchev–Trinajstić information content (AvgIpc) is 2.47. The van der Waals surface area contributed by atoms with Gasteiger partial charge in [0.1, 0.15) is 12.4 Å². The normalized spacial score (nSPS) is 11.7. The van der Waals surface area contributed by atoms with Crippen molar-refractivity contribution in [1.82, 2.24) is 5.32 Å². The summed E-state index contributed by atoms with van der Waals surface area (Å²) in [5, 5.41) is 11.3. The largest absolute Gasteiger partial charge is 0.491 e. The van der Waals surface area contributed by atoms with Gasteiger partial charge in [0.05, 0.1) is 13.2 Å². The van der Waals surface area contributed by atoms with Crippen molar-refractivity contribution >= 4 is 11.9 Å². The van der Waals surface area contributed by atoms with Gasteiger partial charge in [0.25, 0.3) is 5.91 Å². The van der Waals surface area contributed by atoms with Crippen LogP contribution < -0.4 is 10.1 Å². The second kappa shape index (κ2) is 8.93. The number of aliphatic carboxylic acids is 1. The summed E-state index contributed by atoms with van der Waals surface area (Å²) in [6.07, 6.45) is 0. The molecule has 7 nitrogen and oxygen atoms in total. The summed E-state index contributed by atoms with van der Waals surface area (Å²) in [5.74, 6) is -1.15. The van der Waals surface area contributed by atoms with E-state index in [4.69, 9.17) is 19.3 Å². The Kier molecular flexibility index (Phi) is 7.20. The zero-order chi connectivity index (χ0) is 15.7. The van der Waals surface area contributed by atoms with Gasteiger partial charge >= 0.3 is 5.97 Å². The molecule has 0 radical (unpaired) electrons. The molecule has 0 saturated carbocycles. The van der Waals surface area contributed by atoms with E-state index >= 15 is 0 Å². The third-order valence-electron chi connectivity index (χ3n) is 2.59. The number of carboxylic acid groups (broad SMARTS) is 1. The highest BCUT2D eigenvalue weighted by Crippen LogP contribution is 2.13. The highest BCUT2D eigenvalue weighted by Gasteiger charge is 2.20. The second-order valence-corrected chi connectivity index (χ2v) is 4.19. The van der Waals surface area contributed by atoms with Gasteiger partial charge in [0.15, 0.2) is 6.04 Å². The van der Waals surface area contributed by atoms with Crippen LogP contribution in [0.1, 0.15) is 10.4 Å². The van der Waals surface area contributed by atoms with Crippen LogP contribution in [0, 0.1) is 0 Å². The molecular formula is C14H19NO6. The first-order valence-corrected chi connectivity index (χ1v) is 6.33. The van der Waals surface area contributed by atoms with Crippen molar-refractivity contribution in [3.8, 4) is 5.75 Å². The van der Waals surface area contributed by atoms with Crippen LogP contribution in [0.3, 0.4) is 0 Å². The van der Waals surface area contributed by atoms with Crippen LogP contribution in [0.5, 0.6) is 5.75 Å². The Morgan fingerprint density at radius 2 is 2.00 bits per heavy atom. The average molecular weight is 297 g/mol. The predicted molar refractivity (Wildman–Crippen MR) is 74.6 cm³/mol. The summed E-state index contributed by atoms with van der Waals surface area (Å²) in [7, 11) is 2.93. The van der Waals surface area contributed by atoms with E-state index in [0.29, 0.717) is 24.5 Å². The fraction of sp³-hybridized carbons (Fsp3) is 0.429. The number of methoxy groups -OCH3 is 2. The number of carboxylic acids is 1. The molecule has 0 aliphatic heterocycles. The first kappa shape index (κ1) is 16.9. The fourth-order valence-corrected chi connectivity index (χ4v) is 1.55. The SMILES string of the molecule is COCCOc1cccc(C(=O)NC(COC)C(=O)O)c1. The Hall–Kier alpha value is -2.12. The Balaban J connectivity index is 2.68. The van der Waals surface area contributed by atoms with E-state index in [-0.39, 0.29) is 6.61 Å². The number of carbonyl (C=O) groups is 2. The van der Waals surface area contributed by atoms with Crippen molar-refractivity contribution in [3.05, 3.63) is 29.8 Å². The molecule has 0 saturated heterocycles. The van der Waals surface area contributed by atoms with Crippen LogP contribution in [0.4, 0.5) is 0 Å². The van der Waals surface area contributed by atoms with Gasteiger partial charge in [-0.2, -0.15) is 0 Å². The number of ether oxygens (including phenoxy) is 3. The van der Waals surface area contributed by atoms with Crippen molar-refractivity contribution < 1.29 is 28.9 Å². The van der Waals surface area contributed by atoms with Crippen molar-refractivity contribution in [2.24, 2.45) is 0 Å². The molecule has 0 aliphatic rings. The molecule has 2 N–H and O–H groups in total. The van der Waals surface area contributed by atoms with Crippen LogP contribution in [0.25, 0.3) is 0 Å². The van der Waals surface area contributed by atoms with Gasteiger partial charge in [-0.3, -0.25) is 4.79 Å². The van der Waals surface area contributed by atoms with E-state index in [9.17, 15) is 9.59 Å². The Bertz CT molecular complexity index is 476. The molecular weight excluding hydrogens is 278 g/mol. The van der Waals surface area contributed by atoms with Crippen LogP contribution >= 0.6 is 0 Å². The number of hydrogen-bond donors (Lipinski definition) is 2. The lowest BCUT2D eigenvalue weighted by atomic mass is 10.2. The molecule has 116 valence electrons. The maximum absolute atomic E-state index is 12.0. The van der Waals surface area contributed by atoms with Gasteiger partial charge in [-0.15, -0.1) is 0 Å². The summed E-state index contributed by atoms with van der Waals surface area (Å²) in [6.45, 7) is 0.694. The molecule has 0 aliphatic carbocycles. The van der Waals surface area contributed by atoms with Gasteiger partial charge in [0.2, 0.25) is 0 Å². The summed E-state index contributed by atoms with van der Waals surface area (Å²) in [5.41, 5.74) is 0.312. The monoisotopic (exact) mass is 297 g/mol. The van der Waals surface area contributed by atoms with Crippen molar-refractivity contribution in [2.45, 2.75) is 6.04 Å². The number of benzene rings is 1. The molecule has 1 amide bonds. The molecule has 0 heterocycles. The number of hydrogen-bond acceptors (Lipinski definition) is 5. The van der Waals surface area contributed by atoms with E-state index in [0.717, 1.165) is 0 Å². The zero-order valence-corrected chi connectivity index (χ0v) is 12.0. The molecule has 21 heavy (non-hydrogen) atoms. The third kappa shape index (κ3) is 5.80. The highest BCUT2D eigenvalue weighted by atomic mass is 16.5. The van der Waals surface area contributed by atoms with E-state index in [2.05, 4.69) is 5.32 Å². The second-order valence-electron chi connectivity index (χ2n) is 4.19. The number of rotatable bonds is 9. The van der Waals surface area contributed by atoms with E-state index in [1.165, 1.54) is 13.2 Å². The van der Waals surface area contributed by atoms with Gasteiger partial charge in [-0.05, 0) is 18.2 Å². The predicted octanol–water partition coefficient (Wildman–Crippen LogP) is 0.541. The maximum Gasteiger partial charge on any atom is 0.328 e. The van der Waals surface area contributed by atoms with Crippen molar-refractivity contribution in [2.75, 3.05) is 34.0 Å². The summed E-state index contributed by atoms with van der Waals surface area (Å²) < 4.78 is 15.0. The number of carbonyl (C=O) groups excluding carboxylic acids is 1. The molecule has 0 aromatic heterocycles.